The number of aliphatic imine (C=N–C) groups is 1. The summed E-state index contributed by atoms with van der Waals surface area (Å²) in [5.41, 5.74) is 5.09. The van der Waals surface area contributed by atoms with Gasteiger partial charge in [-0.1, -0.05) is 51.4 Å². The van der Waals surface area contributed by atoms with Gasteiger partial charge in [0, 0.05) is 24.4 Å². The normalized spacial score (nSPS) is 14.1. The van der Waals surface area contributed by atoms with E-state index in [1.807, 2.05) is 31.3 Å². The third-order valence-corrected chi connectivity index (χ3v) is 6.08. The van der Waals surface area contributed by atoms with Crippen LogP contribution in [0.25, 0.3) is 17.5 Å². The van der Waals surface area contributed by atoms with Crippen molar-refractivity contribution in [2.24, 2.45) is 4.99 Å². The molecule has 0 bridgehead atoms. The lowest BCUT2D eigenvalue weighted by Gasteiger charge is -2.03. The van der Waals surface area contributed by atoms with Crippen molar-refractivity contribution in [3.8, 4) is 17.1 Å². The van der Waals surface area contributed by atoms with Gasteiger partial charge in [-0.2, -0.15) is 0 Å². The van der Waals surface area contributed by atoms with Crippen LogP contribution in [0.2, 0.25) is 0 Å². The molecule has 0 amide bonds. The van der Waals surface area contributed by atoms with E-state index in [9.17, 15) is 4.79 Å². The van der Waals surface area contributed by atoms with E-state index in [2.05, 4.69) is 28.2 Å². The lowest BCUT2D eigenvalue weighted by molar-refractivity contribution is -0.137. The Hall–Kier alpha value is -3.02. The molecule has 0 spiro atoms. The molecular weight excluding hydrogens is 426 g/mol. The molecule has 2 aromatic heterocycles. The standard InChI is InChI=1S/C28H39N3O3/c1-2-34-27-21-25(24-15-13-19-29-24)31-26(27)20-23-18-17-22(30-23)14-11-9-7-5-3-4-6-8-10-12-16-28(32)33/h13,15,17-21,29,31H,2-12,14,16H2,1H3,(H,32,33)/b23-20+. The van der Waals surface area contributed by atoms with Gasteiger partial charge in [0.15, 0.2) is 0 Å². The molecule has 3 N–H and O–H groups in total. The van der Waals surface area contributed by atoms with Crippen molar-refractivity contribution < 1.29 is 14.6 Å². The average molecular weight is 466 g/mol. The average Bonchev–Trinajstić information content (AvgIpc) is 3.57. The maximum absolute atomic E-state index is 10.5. The summed E-state index contributed by atoms with van der Waals surface area (Å²) in [6, 6.07) is 6.05. The molecule has 34 heavy (non-hydrogen) atoms. The molecular formula is C28H39N3O3. The second kappa shape index (κ2) is 14.3. The van der Waals surface area contributed by atoms with E-state index in [4.69, 9.17) is 14.8 Å². The molecule has 2 aromatic rings. The minimum absolute atomic E-state index is 0.313. The summed E-state index contributed by atoms with van der Waals surface area (Å²) in [4.78, 5) is 22.0. The first-order valence-corrected chi connectivity index (χ1v) is 12.8. The van der Waals surface area contributed by atoms with Crippen LogP contribution in [-0.4, -0.2) is 33.4 Å². The van der Waals surface area contributed by atoms with Crippen LogP contribution in [0.15, 0.2) is 47.2 Å². The number of carbonyl (C=O) groups is 1. The van der Waals surface area contributed by atoms with E-state index in [1.54, 1.807) is 0 Å². The van der Waals surface area contributed by atoms with Crippen molar-refractivity contribution >= 4 is 17.8 Å². The molecule has 1 aliphatic rings. The number of nitrogens with one attached hydrogen (secondary N) is 2. The van der Waals surface area contributed by atoms with Gasteiger partial charge in [0.2, 0.25) is 0 Å². The highest BCUT2D eigenvalue weighted by Gasteiger charge is 2.12. The number of unbranched alkanes of at least 4 members (excludes halogenated alkanes) is 9. The number of hydrogen-bond donors (Lipinski definition) is 3. The summed E-state index contributed by atoms with van der Waals surface area (Å²) >= 11 is 0. The van der Waals surface area contributed by atoms with Gasteiger partial charge in [0.25, 0.3) is 0 Å². The number of carboxylic acids is 1. The van der Waals surface area contributed by atoms with E-state index in [1.165, 1.54) is 44.9 Å². The highest BCUT2D eigenvalue weighted by Crippen LogP contribution is 2.29. The van der Waals surface area contributed by atoms with E-state index in [0.717, 1.165) is 59.9 Å². The monoisotopic (exact) mass is 465 g/mol. The SMILES string of the molecule is CCOc1cc(-c2ccc[nH]2)[nH]c1/C=C1\C=CC(CCCCCCCCCCCCC(=O)O)=N1. The molecule has 0 fully saturated rings. The third kappa shape index (κ3) is 8.73. The maximum Gasteiger partial charge on any atom is 0.303 e. The molecule has 0 atom stereocenters. The van der Waals surface area contributed by atoms with Crippen molar-refractivity contribution in [2.45, 2.75) is 84.0 Å². The van der Waals surface area contributed by atoms with Crippen molar-refractivity contribution in [2.75, 3.05) is 6.61 Å². The number of carboxylic acid groups (broad SMARTS) is 1. The van der Waals surface area contributed by atoms with Gasteiger partial charge in [-0.3, -0.25) is 9.79 Å². The zero-order chi connectivity index (χ0) is 24.0. The minimum atomic E-state index is -0.676. The molecule has 0 aromatic carbocycles. The van der Waals surface area contributed by atoms with Gasteiger partial charge in [0.1, 0.15) is 5.75 Å². The predicted molar refractivity (Wildman–Crippen MR) is 139 cm³/mol. The summed E-state index contributed by atoms with van der Waals surface area (Å²) in [5, 5.41) is 8.64. The highest BCUT2D eigenvalue weighted by molar-refractivity contribution is 5.99. The first-order chi connectivity index (χ1) is 16.7. The van der Waals surface area contributed by atoms with Crippen molar-refractivity contribution in [1.29, 1.82) is 0 Å². The van der Waals surface area contributed by atoms with Gasteiger partial charge >= 0.3 is 5.97 Å². The fourth-order valence-electron chi connectivity index (χ4n) is 4.26. The zero-order valence-corrected chi connectivity index (χ0v) is 20.4. The number of allylic oxidation sites excluding steroid dienone is 2. The quantitative estimate of drug-likeness (QED) is 0.211. The zero-order valence-electron chi connectivity index (χ0n) is 20.4. The lowest BCUT2D eigenvalue weighted by atomic mass is 10.0. The van der Waals surface area contributed by atoms with Crippen LogP contribution in [0.5, 0.6) is 5.75 Å². The van der Waals surface area contributed by atoms with Crippen LogP contribution >= 0.6 is 0 Å². The van der Waals surface area contributed by atoms with Crippen LogP contribution in [0.3, 0.4) is 0 Å². The molecule has 3 rings (SSSR count). The van der Waals surface area contributed by atoms with Crippen LogP contribution in [0.1, 0.15) is 89.7 Å². The Balaban J connectivity index is 1.33. The van der Waals surface area contributed by atoms with Crippen molar-refractivity contribution in [1.82, 2.24) is 9.97 Å². The van der Waals surface area contributed by atoms with Gasteiger partial charge in [-0.25, -0.2) is 0 Å². The Bertz CT molecular complexity index is 967. The highest BCUT2D eigenvalue weighted by atomic mass is 16.5. The van der Waals surface area contributed by atoms with Crippen LogP contribution in [-0.2, 0) is 4.79 Å². The summed E-state index contributed by atoms with van der Waals surface area (Å²) < 4.78 is 5.82. The number of rotatable bonds is 17. The molecule has 0 aliphatic carbocycles. The Morgan fingerprint density at radius 3 is 2.35 bits per heavy atom. The molecule has 0 saturated heterocycles. The third-order valence-electron chi connectivity index (χ3n) is 6.08. The predicted octanol–water partition coefficient (Wildman–Crippen LogP) is 7.53. The molecule has 184 valence electrons. The van der Waals surface area contributed by atoms with Crippen LogP contribution < -0.4 is 4.74 Å². The van der Waals surface area contributed by atoms with Gasteiger partial charge in [-0.15, -0.1) is 0 Å². The number of ether oxygens (including phenoxy) is 1. The molecule has 6 heteroatoms. The van der Waals surface area contributed by atoms with Gasteiger partial charge < -0.3 is 19.8 Å². The van der Waals surface area contributed by atoms with E-state index in [0.29, 0.717) is 13.0 Å². The van der Waals surface area contributed by atoms with Crippen molar-refractivity contribution in [3.63, 3.8) is 0 Å². The number of aromatic nitrogens is 2. The summed E-state index contributed by atoms with van der Waals surface area (Å²) in [6.45, 7) is 2.62. The lowest BCUT2D eigenvalue weighted by Crippen LogP contribution is -1.93. The number of aliphatic carboxylic acids is 1. The van der Waals surface area contributed by atoms with Crippen molar-refractivity contribution in [3.05, 3.63) is 47.9 Å². The molecule has 0 saturated carbocycles. The summed E-state index contributed by atoms with van der Waals surface area (Å²) in [7, 11) is 0. The molecule has 3 heterocycles. The Morgan fingerprint density at radius 2 is 1.71 bits per heavy atom. The van der Waals surface area contributed by atoms with Crippen LogP contribution in [0, 0.1) is 0 Å². The second-order valence-corrected chi connectivity index (χ2v) is 8.91. The Labute approximate surface area is 203 Å². The molecule has 0 unspecified atom stereocenters. The summed E-state index contributed by atoms with van der Waals surface area (Å²) in [5.74, 6) is 0.168. The van der Waals surface area contributed by atoms with E-state index in [-0.39, 0.29) is 0 Å². The van der Waals surface area contributed by atoms with Crippen LogP contribution in [0.4, 0.5) is 0 Å². The number of H-pyrrole nitrogens is 2. The topological polar surface area (TPSA) is 90.5 Å². The number of nitrogens with zero attached hydrogens (tertiary/aromatic N) is 1. The number of aromatic amines is 2. The smallest absolute Gasteiger partial charge is 0.303 e. The first-order valence-electron chi connectivity index (χ1n) is 12.8. The van der Waals surface area contributed by atoms with Gasteiger partial charge in [0.05, 0.1) is 29.4 Å². The Kier molecular flexibility index (Phi) is 10.8. The van der Waals surface area contributed by atoms with E-state index < -0.39 is 5.97 Å². The number of hydrogen-bond acceptors (Lipinski definition) is 3. The minimum Gasteiger partial charge on any atom is -0.492 e. The fraction of sp³-hybridized carbons (Fsp3) is 0.500. The Morgan fingerprint density at radius 1 is 1.00 bits per heavy atom. The van der Waals surface area contributed by atoms with E-state index >= 15 is 0 Å². The molecule has 1 aliphatic heterocycles. The second-order valence-electron chi connectivity index (χ2n) is 8.91. The van der Waals surface area contributed by atoms with Gasteiger partial charge in [-0.05, 0) is 56.5 Å². The maximum atomic E-state index is 10.5. The fourth-order valence-corrected chi connectivity index (χ4v) is 4.26. The first kappa shape index (κ1) is 25.6. The molecule has 0 radical (unpaired) electrons. The summed E-state index contributed by atoms with van der Waals surface area (Å²) in [6.07, 6.45) is 21.3. The molecule has 6 nitrogen and oxygen atoms in total. The largest absolute Gasteiger partial charge is 0.492 e.